The summed E-state index contributed by atoms with van der Waals surface area (Å²) in [7, 11) is 0. The number of rotatable bonds is 7. The van der Waals surface area contributed by atoms with Crippen LogP contribution in [-0.4, -0.2) is 52.0 Å². The standard InChI is InChI=1S/C18H26N2O3/c1-5-11-19-13-16(21)15(12-14-9-7-6-8-10-14)20(17(22)23)18(2,3)4/h1,6-10,15-16,19,21H,11-13H2,2-4H3,(H,22,23)/t15-,16+/m0/s1. The molecule has 1 aromatic rings. The van der Waals surface area contributed by atoms with E-state index in [1.807, 2.05) is 51.1 Å². The SMILES string of the molecule is C#CCNC[C@@H](O)[C@H](Cc1ccccc1)N(C(=O)O)C(C)(C)C. The fourth-order valence-electron chi connectivity index (χ4n) is 2.61. The summed E-state index contributed by atoms with van der Waals surface area (Å²) in [4.78, 5) is 13.1. The first kappa shape index (κ1) is 19.0. The number of carbonyl (C=O) groups is 1. The summed E-state index contributed by atoms with van der Waals surface area (Å²) in [6.45, 7) is 6.03. The van der Waals surface area contributed by atoms with Crippen LogP contribution >= 0.6 is 0 Å². The van der Waals surface area contributed by atoms with E-state index in [9.17, 15) is 15.0 Å². The van der Waals surface area contributed by atoms with Crippen molar-refractivity contribution < 1.29 is 15.0 Å². The van der Waals surface area contributed by atoms with E-state index in [1.165, 1.54) is 4.90 Å². The minimum Gasteiger partial charge on any atom is -0.465 e. The minimum atomic E-state index is -1.05. The van der Waals surface area contributed by atoms with Crippen molar-refractivity contribution >= 4 is 6.09 Å². The van der Waals surface area contributed by atoms with Crippen molar-refractivity contribution in [2.24, 2.45) is 0 Å². The molecule has 0 aliphatic rings. The number of nitrogens with one attached hydrogen (secondary N) is 1. The second-order valence-electron chi connectivity index (χ2n) is 6.48. The van der Waals surface area contributed by atoms with E-state index in [1.54, 1.807) is 0 Å². The third-order valence-electron chi connectivity index (χ3n) is 3.57. The number of amides is 1. The van der Waals surface area contributed by atoms with Crippen molar-refractivity contribution in [3.63, 3.8) is 0 Å². The summed E-state index contributed by atoms with van der Waals surface area (Å²) in [6, 6.07) is 8.99. The third kappa shape index (κ3) is 5.93. The normalized spacial score (nSPS) is 13.9. The van der Waals surface area contributed by atoms with Gasteiger partial charge in [-0.05, 0) is 32.8 Å². The largest absolute Gasteiger partial charge is 0.465 e. The first-order valence-corrected chi connectivity index (χ1v) is 7.65. The summed E-state index contributed by atoms with van der Waals surface area (Å²) in [5.74, 6) is 2.44. The second-order valence-corrected chi connectivity index (χ2v) is 6.48. The van der Waals surface area contributed by atoms with Crippen molar-refractivity contribution in [1.29, 1.82) is 0 Å². The number of hydrogen-bond donors (Lipinski definition) is 3. The molecule has 0 saturated carbocycles. The van der Waals surface area contributed by atoms with Crippen LogP contribution in [0.25, 0.3) is 0 Å². The lowest BCUT2D eigenvalue weighted by Crippen LogP contribution is -2.58. The Balaban J connectivity index is 3.03. The lowest BCUT2D eigenvalue weighted by atomic mass is 9.94. The molecule has 0 unspecified atom stereocenters. The highest BCUT2D eigenvalue weighted by Crippen LogP contribution is 2.22. The van der Waals surface area contributed by atoms with Crippen LogP contribution in [0.4, 0.5) is 4.79 Å². The van der Waals surface area contributed by atoms with Crippen LogP contribution < -0.4 is 5.32 Å². The maximum atomic E-state index is 11.8. The second kappa shape index (κ2) is 8.56. The number of benzene rings is 1. The molecule has 23 heavy (non-hydrogen) atoms. The Hall–Kier alpha value is -2.03. The molecule has 0 heterocycles. The molecule has 2 atom stereocenters. The summed E-state index contributed by atoms with van der Waals surface area (Å²) in [6.07, 6.45) is 3.72. The highest BCUT2D eigenvalue weighted by Gasteiger charge is 2.37. The van der Waals surface area contributed by atoms with Crippen LogP contribution in [0.1, 0.15) is 26.3 Å². The van der Waals surface area contributed by atoms with Gasteiger partial charge in [0, 0.05) is 12.1 Å². The van der Waals surface area contributed by atoms with E-state index in [0.29, 0.717) is 13.0 Å². The zero-order chi connectivity index (χ0) is 17.5. The Labute approximate surface area is 138 Å². The van der Waals surface area contributed by atoms with Gasteiger partial charge in [-0.25, -0.2) is 4.79 Å². The number of nitrogens with zero attached hydrogens (tertiary/aromatic N) is 1. The topological polar surface area (TPSA) is 72.8 Å². The third-order valence-corrected chi connectivity index (χ3v) is 3.57. The van der Waals surface area contributed by atoms with Gasteiger partial charge in [0.15, 0.2) is 0 Å². The molecule has 0 aromatic heterocycles. The molecule has 0 aliphatic carbocycles. The molecular weight excluding hydrogens is 292 g/mol. The quantitative estimate of drug-likeness (QED) is 0.531. The average Bonchev–Trinajstić information content (AvgIpc) is 2.46. The molecule has 126 valence electrons. The summed E-state index contributed by atoms with van der Waals surface area (Å²) in [5.41, 5.74) is 0.349. The van der Waals surface area contributed by atoms with Gasteiger partial charge in [-0.3, -0.25) is 4.90 Å². The zero-order valence-electron chi connectivity index (χ0n) is 14.0. The predicted octanol–water partition coefficient (Wildman–Crippen LogP) is 1.96. The highest BCUT2D eigenvalue weighted by molar-refractivity contribution is 5.66. The number of carboxylic acid groups (broad SMARTS) is 1. The van der Waals surface area contributed by atoms with Gasteiger partial charge in [0.2, 0.25) is 0 Å². The minimum absolute atomic E-state index is 0.238. The molecule has 0 saturated heterocycles. The Morgan fingerprint density at radius 2 is 1.96 bits per heavy atom. The molecule has 0 fully saturated rings. The van der Waals surface area contributed by atoms with Crippen molar-refractivity contribution in [1.82, 2.24) is 10.2 Å². The lowest BCUT2D eigenvalue weighted by molar-refractivity contribution is 0.00820. The van der Waals surface area contributed by atoms with Crippen molar-refractivity contribution in [2.45, 2.75) is 44.9 Å². The van der Waals surface area contributed by atoms with Gasteiger partial charge >= 0.3 is 6.09 Å². The molecule has 5 nitrogen and oxygen atoms in total. The molecule has 5 heteroatoms. The molecule has 0 aliphatic heterocycles. The Morgan fingerprint density at radius 3 is 2.43 bits per heavy atom. The molecule has 3 N–H and O–H groups in total. The molecule has 0 bridgehead atoms. The fraction of sp³-hybridized carbons (Fsp3) is 0.500. The maximum absolute atomic E-state index is 11.8. The van der Waals surface area contributed by atoms with E-state index in [0.717, 1.165) is 5.56 Å². The Bertz CT molecular complexity index is 531. The Morgan fingerprint density at radius 1 is 1.35 bits per heavy atom. The molecular formula is C18H26N2O3. The van der Waals surface area contributed by atoms with E-state index < -0.39 is 23.8 Å². The number of aliphatic hydroxyl groups excluding tert-OH is 1. The van der Waals surface area contributed by atoms with Gasteiger partial charge < -0.3 is 15.5 Å². The highest BCUT2D eigenvalue weighted by atomic mass is 16.4. The fourth-order valence-corrected chi connectivity index (χ4v) is 2.61. The summed E-state index contributed by atoms with van der Waals surface area (Å²) < 4.78 is 0. The van der Waals surface area contributed by atoms with Crippen molar-refractivity contribution in [2.75, 3.05) is 13.1 Å². The van der Waals surface area contributed by atoms with E-state index >= 15 is 0 Å². The summed E-state index contributed by atoms with van der Waals surface area (Å²) >= 11 is 0. The molecule has 0 radical (unpaired) electrons. The van der Waals surface area contributed by atoms with E-state index in [4.69, 9.17) is 6.42 Å². The molecule has 1 rings (SSSR count). The molecule has 1 amide bonds. The van der Waals surface area contributed by atoms with Crippen LogP contribution in [0.5, 0.6) is 0 Å². The van der Waals surface area contributed by atoms with Crippen LogP contribution in [-0.2, 0) is 6.42 Å². The number of aliphatic hydroxyl groups is 1. The molecule has 0 spiro atoms. The first-order valence-electron chi connectivity index (χ1n) is 7.65. The summed E-state index contributed by atoms with van der Waals surface area (Å²) in [5, 5.41) is 23.1. The predicted molar refractivity (Wildman–Crippen MR) is 91.3 cm³/mol. The van der Waals surface area contributed by atoms with Gasteiger partial charge in [0.25, 0.3) is 0 Å². The Kier molecular flexibility index (Phi) is 7.08. The monoisotopic (exact) mass is 318 g/mol. The van der Waals surface area contributed by atoms with Crippen molar-refractivity contribution in [3.8, 4) is 12.3 Å². The van der Waals surface area contributed by atoms with Gasteiger partial charge in [-0.15, -0.1) is 6.42 Å². The number of terminal acetylenes is 1. The zero-order valence-corrected chi connectivity index (χ0v) is 14.0. The van der Waals surface area contributed by atoms with Crippen LogP contribution in [0.2, 0.25) is 0 Å². The van der Waals surface area contributed by atoms with Crippen molar-refractivity contribution in [3.05, 3.63) is 35.9 Å². The van der Waals surface area contributed by atoms with Gasteiger partial charge in [0.05, 0.1) is 18.7 Å². The smallest absolute Gasteiger partial charge is 0.408 e. The lowest BCUT2D eigenvalue weighted by Gasteiger charge is -2.41. The maximum Gasteiger partial charge on any atom is 0.408 e. The van der Waals surface area contributed by atoms with Gasteiger partial charge in [-0.2, -0.15) is 0 Å². The van der Waals surface area contributed by atoms with Crippen LogP contribution in [0.15, 0.2) is 30.3 Å². The van der Waals surface area contributed by atoms with E-state index in [2.05, 4.69) is 11.2 Å². The number of hydrogen-bond acceptors (Lipinski definition) is 3. The van der Waals surface area contributed by atoms with Crippen LogP contribution in [0.3, 0.4) is 0 Å². The van der Waals surface area contributed by atoms with E-state index in [-0.39, 0.29) is 6.54 Å². The molecule has 1 aromatic carbocycles. The van der Waals surface area contributed by atoms with Gasteiger partial charge in [-0.1, -0.05) is 36.3 Å². The first-order chi connectivity index (χ1) is 10.8. The van der Waals surface area contributed by atoms with Crippen LogP contribution in [0, 0.1) is 12.3 Å². The van der Waals surface area contributed by atoms with Gasteiger partial charge in [0.1, 0.15) is 0 Å². The average molecular weight is 318 g/mol.